The molecule has 0 amide bonds. The number of rotatable bonds is 5. The first-order valence-corrected chi connectivity index (χ1v) is 5.97. The fourth-order valence-corrected chi connectivity index (χ4v) is 2.00. The third kappa shape index (κ3) is 2.89. The Morgan fingerprint density at radius 1 is 1.31 bits per heavy atom. The molecule has 1 aromatic carbocycles. The lowest BCUT2D eigenvalue weighted by Crippen LogP contribution is -2.02. The summed E-state index contributed by atoms with van der Waals surface area (Å²) in [5.41, 5.74) is 0.554. The molecular weight excluding hydrogens is 295 g/mol. The van der Waals surface area contributed by atoms with Crippen LogP contribution < -0.4 is 9.47 Å². The number of ketones is 1. The van der Waals surface area contributed by atoms with Gasteiger partial charge in [0.05, 0.1) is 14.2 Å². The third-order valence-corrected chi connectivity index (χ3v) is 2.94. The summed E-state index contributed by atoms with van der Waals surface area (Å²) in [6, 6.07) is 3.36. The second-order valence-electron chi connectivity index (χ2n) is 3.05. The lowest BCUT2D eigenvalue weighted by Gasteiger charge is -2.10. The van der Waals surface area contributed by atoms with E-state index in [9.17, 15) is 4.79 Å². The fraction of sp³-hybridized carbons (Fsp3) is 0.364. The number of alkyl halides is 1. The van der Waals surface area contributed by atoms with E-state index in [4.69, 9.17) is 21.1 Å². The fourth-order valence-electron chi connectivity index (χ4n) is 1.29. The Bertz CT molecular complexity index is 393. The predicted octanol–water partition coefficient (Wildman–Crippen LogP) is 3.28. The molecule has 0 aliphatic heterocycles. The summed E-state index contributed by atoms with van der Waals surface area (Å²) < 4.78 is 10.9. The van der Waals surface area contributed by atoms with E-state index in [1.165, 1.54) is 7.11 Å². The van der Waals surface area contributed by atoms with Crippen molar-refractivity contribution in [2.45, 2.75) is 6.42 Å². The first-order chi connectivity index (χ1) is 7.63. The monoisotopic (exact) mass is 306 g/mol. The Morgan fingerprint density at radius 3 is 2.38 bits per heavy atom. The minimum absolute atomic E-state index is 0.0252. The SMILES string of the molecule is COc1cc(Br)c(C(=O)CCCl)cc1OC. The Morgan fingerprint density at radius 2 is 1.88 bits per heavy atom. The van der Waals surface area contributed by atoms with Crippen LogP contribution in [0.1, 0.15) is 16.8 Å². The number of hydrogen-bond donors (Lipinski definition) is 0. The Hall–Kier alpha value is -0.740. The maximum atomic E-state index is 11.7. The average Bonchev–Trinajstić information content (AvgIpc) is 2.28. The van der Waals surface area contributed by atoms with Gasteiger partial charge < -0.3 is 9.47 Å². The summed E-state index contributed by atoms with van der Waals surface area (Å²) in [7, 11) is 3.08. The molecule has 0 saturated carbocycles. The van der Waals surface area contributed by atoms with Crippen LogP contribution in [0.2, 0.25) is 0 Å². The van der Waals surface area contributed by atoms with Crippen LogP contribution >= 0.6 is 27.5 Å². The van der Waals surface area contributed by atoms with E-state index in [-0.39, 0.29) is 5.78 Å². The molecular formula is C11H12BrClO3. The second kappa shape index (κ2) is 6.11. The molecule has 88 valence electrons. The molecule has 0 bridgehead atoms. The van der Waals surface area contributed by atoms with Crippen LogP contribution in [0.15, 0.2) is 16.6 Å². The van der Waals surface area contributed by atoms with Gasteiger partial charge in [0.15, 0.2) is 17.3 Å². The summed E-state index contributed by atoms with van der Waals surface area (Å²) in [5.74, 6) is 1.39. The van der Waals surface area contributed by atoms with E-state index >= 15 is 0 Å². The molecule has 0 spiro atoms. The molecule has 0 fully saturated rings. The quantitative estimate of drug-likeness (QED) is 0.618. The highest BCUT2D eigenvalue weighted by atomic mass is 79.9. The zero-order chi connectivity index (χ0) is 12.1. The van der Waals surface area contributed by atoms with Gasteiger partial charge in [-0.25, -0.2) is 0 Å². The Labute approximate surface area is 108 Å². The highest BCUT2D eigenvalue weighted by Crippen LogP contribution is 2.33. The minimum atomic E-state index is -0.0252. The predicted molar refractivity (Wildman–Crippen MR) is 66.9 cm³/mol. The van der Waals surface area contributed by atoms with E-state index in [0.29, 0.717) is 33.8 Å². The number of carbonyl (C=O) groups is 1. The van der Waals surface area contributed by atoms with Crippen molar-refractivity contribution in [3.63, 3.8) is 0 Å². The van der Waals surface area contributed by atoms with Crippen LogP contribution in [0, 0.1) is 0 Å². The van der Waals surface area contributed by atoms with Gasteiger partial charge in [-0.15, -0.1) is 11.6 Å². The highest BCUT2D eigenvalue weighted by Gasteiger charge is 2.14. The van der Waals surface area contributed by atoms with Gasteiger partial charge in [-0.3, -0.25) is 4.79 Å². The lowest BCUT2D eigenvalue weighted by atomic mass is 10.1. The molecule has 1 rings (SSSR count). The molecule has 0 N–H and O–H groups in total. The van der Waals surface area contributed by atoms with Gasteiger partial charge in [0.25, 0.3) is 0 Å². The number of methoxy groups -OCH3 is 2. The molecule has 0 saturated heterocycles. The number of carbonyl (C=O) groups excluding carboxylic acids is 1. The van der Waals surface area contributed by atoms with Gasteiger partial charge in [-0.05, 0) is 28.1 Å². The third-order valence-electron chi connectivity index (χ3n) is 2.10. The molecule has 16 heavy (non-hydrogen) atoms. The van der Waals surface area contributed by atoms with Gasteiger partial charge in [0.1, 0.15) is 0 Å². The summed E-state index contributed by atoms with van der Waals surface area (Å²) >= 11 is 8.86. The minimum Gasteiger partial charge on any atom is -0.493 e. The first-order valence-electron chi connectivity index (χ1n) is 4.64. The molecule has 0 aliphatic rings. The molecule has 0 aromatic heterocycles. The van der Waals surface area contributed by atoms with Crippen molar-refractivity contribution >= 4 is 33.3 Å². The molecule has 0 unspecified atom stereocenters. The molecule has 0 heterocycles. The zero-order valence-electron chi connectivity index (χ0n) is 9.05. The van der Waals surface area contributed by atoms with Crippen molar-refractivity contribution in [3.8, 4) is 11.5 Å². The van der Waals surface area contributed by atoms with Crippen molar-refractivity contribution in [2.24, 2.45) is 0 Å². The number of ether oxygens (including phenoxy) is 2. The Balaban J connectivity index is 3.15. The van der Waals surface area contributed by atoms with Crippen LogP contribution in [0.3, 0.4) is 0 Å². The molecule has 0 radical (unpaired) electrons. The van der Waals surface area contributed by atoms with Crippen LogP contribution in [-0.2, 0) is 0 Å². The van der Waals surface area contributed by atoms with Crippen molar-refractivity contribution in [1.82, 2.24) is 0 Å². The standard InChI is InChI=1S/C11H12BrClO3/c1-15-10-5-7(9(14)3-4-13)8(12)6-11(10)16-2/h5-6H,3-4H2,1-2H3. The molecule has 5 heteroatoms. The van der Waals surface area contributed by atoms with Crippen molar-refractivity contribution < 1.29 is 14.3 Å². The summed E-state index contributed by atoms with van der Waals surface area (Å²) in [6.07, 6.45) is 0.301. The van der Waals surface area contributed by atoms with Crippen LogP contribution in [-0.4, -0.2) is 25.9 Å². The lowest BCUT2D eigenvalue weighted by molar-refractivity contribution is 0.0988. The smallest absolute Gasteiger partial charge is 0.165 e. The van der Waals surface area contributed by atoms with Crippen molar-refractivity contribution in [1.29, 1.82) is 0 Å². The normalized spacial score (nSPS) is 10.0. The maximum Gasteiger partial charge on any atom is 0.165 e. The van der Waals surface area contributed by atoms with Gasteiger partial charge in [-0.2, -0.15) is 0 Å². The largest absolute Gasteiger partial charge is 0.493 e. The van der Waals surface area contributed by atoms with Crippen molar-refractivity contribution in [2.75, 3.05) is 20.1 Å². The van der Waals surface area contributed by atoms with Crippen LogP contribution in [0.5, 0.6) is 11.5 Å². The average molecular weight is 308 g/mol. The van der Waals surface area contributed by atoms with Gasteiger partial charge in [0.2, 0.25) is 0 Å². The van der Waals surface area contributed by atoms with Crippen LogP contribution in [0.25, 0.3) is 0 Å². The van der Waals surface area contributed by atoms with E-state index in [1.807, 2.05) is 0 Å². The van der Waals surface area contributed by atoms with E-state index in [2.05, 4.69) is 15.9 Å². The molecule has 0 atom stereocenters. The second-order valence-corrected chi connectivity index (χ2v) is 4.28. The maximum absolute atomic E-state index is 11.7. The van der Waals surface area contributed by atoms with Gasteiger partial charge >= 0.3 is 0 Å². The number of benzene rings is 1. The number of Topliss-reactive ketones (excluding diaryl/α,β-unsaturated/α-hetero) is 1. The van der Waals surface area contributed by atoms with E-state index in [0.717, 1.165) is 0 Å². The Kier molecular flexibility index (Phi) is 5.09. The van der Waals surface area contributed by atoms with E-state index < -0.39 is 0 Å². The molecule has 1 aromatic rings. The molecule has 3 nitrogen and oxygen atoms in total. The first kappa shape index (κ1) is 13.3. The van der Waals surface area contributed by atoms with E-state index in [1.54, 1.807) is 19.2 Å². The summed E-state index contributed by atoms with van der Waals surface area (Å²) in [4.78, 5) is 11.7. The van der Waals surface area contributed by atoms with Gasteiger partial charge in [0, 0.05) is 22.3 Å². The summed E-state index contributed by atoms with van der Waals surface area (Å²) in [5, 5.41) is 0. The topological polar surface area (TPSA) is 35.5 Å². The van der Waals surface area contributed by atoms with Crippen LogP contribution in [0.4, 0.5) is 0 Å². The number of hydrogen-bond acceptors (Lipinski definition) is 3. The zero-order valence-corrected chi connectivity index (χ0v) is 11.4. The summed E-state index contributed by atoms with van der Waals surface area (Å²) in [6.45, 7) is 0. The highest BCUT2D eigenvalue weighted by molar-refractivity contribution is 9.10. The molecule has 0 aliphatic carbocycles. The number of halogens is 2. The van der Waals surface area contributed by atoms with Crippen molar-refractivity contribution in [3.05, 3.63) is 22.2 Å². The van der Waals surface area contributed by atoms with Gasteiger partial charge in [-0.1, -0.05) is 0 Å².